The SMILES string of the molecule is CCOC(=O)C(=CNc1ccc2c(c1)OCCO2)C(=O)OCC. The van der Waals surface area contributed by atoms with E-state index in [4.69, 9.17) is 18.9 Å². The maximum atomic E-state index is 11.8. The normalized spacial score (nSPS) is 12.1. The molecule has 0 bridgehead atoms. The van der Waals surface area contributed by atoms with Crippen molar-refractivity contribution >= 4 is 17.6 Å². The molecule has 0 saturated heterocycles. The predicted octanol–water partition coefficient (Wildman–Crippen LogP) is 1.88. The van der Waals surface area contributed by atoms with Crippen molar-refractivity contribution in [3.05, 3.63) is 30.0 Å². The molecule has 1 aliphatic rings. The van der Waals surface area contributed by atoms with Crippen molar-refractivity contribution in [3.63, 3.8) is 0 Å². The average Bonchev–Trinajstić information content (AvgIpc) is 2.55. The molecule has 0 aromatic heterocycles. The number of benzene rings is 1. The summed E-state index contributed by atoms with van der Waals surface area (Å²) in [6, 6.07) is 5.22. The Hall–Kier alpha value is -2.70. The minimum Gasteiger partial charge on any atom is -0.486 e. The Morgan fingerprint density at radius 2 is 1.70 bits per heavy atom. The zero-order valence-electron chi connectivity index (χ0n) is 13.1. The second-order valence-electron chi connectivity index (χ2n) is 4.50. The van der Waals surface area contributed by atoms with E-state index < -0.39 is 11.9 Å². The minimum absolute atomic E-state index is 0.166. The van der Waals surface area contributed by atoms with Crippen LogP contribution in [0.3, 0.4) is 0 Å². The van der Waals surface area contributed by atoms with E-state index in [-0.39, 0.29) is 18.8 Å². The Labute approximate surface area is 134 Å². The Bertz CT molecular complexity index is 591. The van der Waals surface area contributed by atoms with Gasteiger partial charge in [0.2, 0.25) is 0 Å². The third kappa shape index (κ3) is 4.38. The van der Waals surface area contributed by atoms with Gasteiger partial charge in [0.05, 0.1) is 13.2 Å². The molecule has 2 rings (SSSR count). The summed E-state index contributed by atoms with van der Waals surface area (Å²) in [4.78, 5) is 23.7. The average molecular weight is 321 g/mol. The van der Waals surface area contributed by atoms with Crippen molar-refractivity contribution in [1.82, 2.24) is 0 Å². The summed E-state index contributed by atoms with van der Waals surface area (Å²) in [6.45, 7) is 4.64. The fourth-order valence-corrected chi connectivity index (χ4v) is 1.91. The van der Waals surface area contributed by atoms with Gasteiger partial charge in [-0.05, 0) is 26.0 Å². The van der Waals surface area contributed by atoms with Gasteiger partial charge in [0, 0.05) is 18.0 Å². The number of ether oxygens (including phenoxy) is 4. The van der Waals surface area contributed by atoms with Gasteiger partial charge in [-0.1, -0.05) is 0 Å². The Morgan fingerprint density at radius 3 is 2.30 bits per heavy atom. The zero-order valence-corrected chi connectivity index (χ0v) is 13.1. The van der Waals surface area contributed by atoms with Gasteiger partial charge in [0.1, 0.15) is 13.2 Å². The summed E-state index contributed by atoms with van der Waals surface area (Å²) >= 11 is 0. The maximum Gasteiger partial charge on any atom is 0.347 e. The number of nitrogens with one attached hydrogen (secondary N) is 1. The van der Waals surface area contributed by atoms with E-state index >= 15 is 0 Å². The monoisotopic (exact) mass is 321 g/mol. The third-order valence-electron chi connectivity index (χ3n) is 2.92. The first-order chi connectivity index (χ1) is 11.2. The smallest absolute Gasteiger partial charge is 0.347 e. The number of rotatable bonds is 6. The molecule has 1 heterocycles. The van der Waals surface area contributed by atoms with Crippen LogP contribution >= 0.6 is 0 Å². The number of carbonyl (C=O) groups is 2. The predicted molar refractivity (Wildman–Crippen MR) is 82.4 cm³/mol. The largest absolute Gasteiger partial charge is 0.486 e. The van der Waals surface area contributed by atoms with Crippen LogP contribution in [0.2, 0.25) is 0 Å². The molecule has 0 amide bonds. The minimum atomic E-state index is -0.740. The molecule has 23 heavy (non-hydrogen) atoms. The van der Waals surface area contributed by atoms with E-state index in [9.17, 15) is 9.59 Å². The topological polar surface area (TPSA) is 83.1 Å². The van der Waals surface area contributed by atoms with Gasteiger partial charge in [-0.25, -0.2) is 9.59 Å². The number of fused-ring (bicyclic) bond motifs is 1. The van der Waals surface area contributed by atoms with Crippen LogP contribution in [0.5, 0.6) is 11.5 Å². The number of hydrogen-bond acceptors (Lipinski definition) is 7. The molecule has 0 radical (unpaired) electrons. The van der Waals surface area contributed by atoms with Gasteiger partial charge in [0.15, 0.2) is 17.1 Å². The molecule has 0 saturated carbocycles. The molecule has 1 aliphatic heterocycles. The van der Waals surface area contributed by atoms with E-state index in [2.05, 4.69) is 5.32 Å². The van der Waals surface area contributed by atoms with Gasteiger partial charge >= 0.3 is 11.9 Å². The van der Waals surface area contributed by atoms with Crippen LogP contribution < -0.4 is 14.8 Å². The highest BCUT2D eigenvalue weighted by molar-refractivity contribution is 6.14. The summed E-state index contributed by atoms with van der Waals surface area (Å²) in [5.74, 6) is -0.225. The van der Waals surface area contributed by atoms with Crippen LogP contribution in [0.15, 0.2) is 30.0 Å². The molecule has 0 spiro atoms. The van der Waals surface area contributed by atoms with Gasteiger partial charge in [0.25, 0.3) is 0 Å². The van der Waals surface area contributed by atoms with E-state index in [1.165, 1.54) is 6.20 Å². The lowest BCUT2D eigenvalue weighted by atomic mass is 10.2. The fraction of sp³-hybridized carbons (Fsp3) is 0.375. The molecule has 0 fully saturated rings. The van der Waals surface area contributed by atoms with Crippen LogP contribution in [-0.2, 0) is 19.1 Å². The molecular weight excluding hydrogens is 302 g/mol. The lowest BCUT2D eigenvalue weighted by Crippen LogP contribution is -2.19. The molecule has 0 aliphatic carbocycles. The Kier molecular flexibility index (Phi) is 5.85. The molecular formula is C16H19NO6. The number of anilines is 1. The first-order valence-electron chi connectivity index (χ1n) is 7.36. The summed E-state index contributed by atoms with van der Waals surface area (Å²) < 4.78 is 20.6. The van der Waals surface area contributed by atoms with E-state index in [0.29, 0.717) is 30.4 Å². The summed E-state index contributed by atoms with van der Waals surface area (Å²) in [6.07, 6.45) is 1.27. The van der Waals surface area contributed by atoms with Crippen molar-refractivity contribution < 1.29 is 28.5 Å². The van der Waals surface area contributed by atoms with Crippen molar-refractivity contribution in [3.8, 4) is 11.5 Å². The van der Waals surface area contributed by atoms with Crippen LogP contribution in [0.25, 0.3) is 0 Å². The highest BCUT2D eigenvalue weighted by Crippen LogP contribution is 2.32. The van der Waals surface area contributed by atoms with Crippen LogP contribution in [-0.4, -0.2) is 38.4 Å². The second-order valence-corrected chi connectivity index (χ2v) is 4.50. The first-order valence-corrected chi connectivity index (χ1v) is 7.36. The summed E-state index contributed by atoms with van der Waals surface area (Å²) in [5, 5.41) is 2.87. The highest BCUT2D eigenvalue weighted by Gasteiger charge is 2.21. The number of esters is 2. The van der Waals surface area contributed by atoms with Gasteiger partial charge < -0.3 is 24.3 Å². The van der Waals surface area contributed by atoms with Gasteiger partial charge in [-0.3, -0.25) is 0 Å². The molecule has 0 unspecified atom stereocenters. The van der Waals surface area contributed by atoms with Crippen molar-refractivity contribution in [2.75, 3.05) is 31.7 Å². The van der Waals surface area contributed by atoms with E-state index in [0.717, 1.165) is 0 Å². The van der Waals surface area contributed by atoms with Crippen LogP contribution in [0.1, 0.15) is 13.8 Å². The Morgan fingerprint density at radius 1 is 1.09 bits per heavy atom. The molecule has 124 valence electrons. The standard InChI is InChI=1S/C16H19NO6/c1-3-20-15(18)12(16(19)21-4-2)10-17-11-5-6-13-14(9-11)23-8-7-22-13/h5-6,9-10,17H,3-4,7-8H2,1-2H3. The maximum absolute atomic E-state index is 11.8. The highest BCUT2D eigenvalue weighted by atomic mass is 16.6. The molecule has 7 nitrogen and oxygen atoms in total. The van der Waals surface area contributed by atoms with Gasteiger partial charge in [-0.2, -0.15) is 0 Å². The first kappa shape index (κ1) is 16.7. The van der Waals surface area contributed by atoms with Crippen LogP contribution in [0, 0.1) is 0 Å². The van der Waals surface area contributed by atoms with Crippen molar-refractivity contribution in [2.45, 2.75) is 13.8 Å². The Balaban J connectivity index is 2.15. The van der Waals surface area contributed by atoms with Crippen molar-refractivity contribution in [1.29, 1.82) is 0 Å². The lowest BCUT2D eigenvalue weighted by Gasteiger charge is -2.18. The van der Waals surface area contributed by atoms with E-state index in [1.807, 2.05) is 0 Å². The van der Waals surface area contributed by atoms with Gasteiger partial charge in [-0.15, -0.1) is 0 Å². The number of hydrogen-bond donors (Lipinski definition) is 1. The second kappa shape index (κ2) is 8.07. The number of carbonyl (C=O) groups excluding carboxylic acids is 2. The molecule has 7 heteroatoms. The fourth-order valence-electron chi connectivity index (χ4n) is 1.91. The zero-order chi connectivity index (χ0) is 16.7. The lowest BCUT2D eigenvalue weighted by molar-refractivity contribution is -0.146. The summed E-state index contributed by atoms with van der Waals surface area (Å²) in [5.41, 5.74) is 0.434. The molecule has 0 atom stereocenters. The molecule has 1 aromatic carbocycles. The van der Waals surface area contributed by atoms with Crippen molar-refractivity contribution in [2.24, 2.45) is 0 Å². The molecule has 1 N–H and O–H groups in total. The summed E-state index contributed by atoms with van der Waals surface area (Å²) in [7, 11) is 0. The van der Waals surface area contributed by atoms with E-state index in [1.54, 1.807) is 32.0 Å². The van der Waals surface area contributed by atoms with Crippen LogP contribution in [0.4, 0.5) is 5.69 Å². The quantitative estimate of drug-likeness (QED) is 0.371. The molecule has 1 aromatic rings. The third-order valence-corrected chi connectivity index (χ3v) is 2.92.